The van der Waals surface area contributed by atoms with Crippen LogP contribution in [-0.2, 0) is 27.1 Å². The zero-order chi connectivity index (χ0) is 14.7. The van der Waals surface area contributed by atoms with Crippen LogP contribution in [-0.4, -0.2) is 15.2 Å². The van der Waals surface area contributed by atoms with Crippen LogP contribution in [0, 0.1) is 0 Å². The van der Waals surface area contributed by atoms with E-state index >= 15 is 0 Å². The molecule has 0 saturated carbocycles. The van der Waals surface area contributed by atoms with E-state index in [1.54, 1.807) is 24.6 Å². The van der Waals surface area contributed by atoms with Gasteiger partial charge in [-0.1, -0.05) is 6.07 Å². The van der Waals surface area contributed by atoms with Crippen LogP contribution in [0.25, 0.3) is 0 Å². The predicted octanol–water partition coefficient (Wildman–Crippen LogP) is 0.866. The monoisotopic (exact) mass is 293 g/mol. The number of thiophene rings is 1. The molecule has 1 N–H and O–H groups in total. The Labute approximate surface area is 121 Å². The van der Waals surface area contributed by atoms with E-state index in [4.69, 9.17) is 0 Å². The van der Waals surface area contributed by atoms with E-state index in [0.717, 1.165) is 11.0 Å². The number of aromatic nitrogens is 2. The van der Waals surface area contributed by atoms with Gasteiger partial charge >= 0.3 is 5.69 Å². The molecule has 6 heteroatoms. The lowest BCUT2D eigenvalue weighted by molar-refractivity contribution is 0.537. The summed E-state index contributed by atoms with van der Waals surface area (Å²) in [5, 5.41) is 5.39. The molecule has 5 nitrogen and oxygen atoms in total. The first-order chi connectivity index (χ1) is 9.49. The first kappa shape index (κ1) is 14.7. The molecule has 1 atom stereocenters. The minimum Gasteiger partial charge on any atom is -0.310 e. The third-order valence-electron chi connectivity index (χ3n) is 3.25. The molecule has 2 aromatic heterocycles. The van der Waals surface area contributed by atoms with Gasteiger partial charge in [-0.3, -0.25) is 9.36 Å². The number of hydrogen-bond acceptors (Lipinski definition) is 4. The van der Waals surface area contributed by atoms with Crippen molar-refractivity contribution in [1.29, 1.82) is 0 Å². The summed E-state index contributed by atoms with van der Waals surface area (Å²) >= 11 is 1.73. The van der Waals surface area contributed by atoms with E-state index in [1.807, 2.05) is 6.07 Å². The first-order valence-corrected chi connectivity index (χ1v) is 7.38. The van der Waals surface area contributed by atoms with E-state index in [2.05, 4.69) is 23.7 Å². The maximum Gasteiger partial charge on any atom is 0.330 e. The molecule has 2 heterocycles. The van der Waals surface area contributed by atoms with Gasteiger partial charge in [-0.05, 0) is 24.8 Å². The number of nitrogens with one attached hydrogen (secondary N) is 1. The van der Waals surface area contributed by atoms with Gasteiger partial charge < -0.3 is 9.88 Å². The lowest BCUT2D eigenvalue weighted by atomic mass is 10.2. The molecule has 1 unspecified atom stereocenters. The number of rotatable bonds is 5. The van der Waals surface area contributed by atoms with Crippen LogP contribution >= 0.6 is 11.3 Å². The molecule has 0 saturated heterocycles. The second kappa shape index (κ2) is 6.19. The topological polar surface area (TPSA) is 56.0 Å². The second-order valence-electron chi connectivity index (χ2n) is 4.98. The van der Waals surface area contributed by atoms with E-state index < -0.39 is 0 Å². The van der Waals surface area contributed by atoms with Crippen molar-refractivity contribution in [3.05, 3.63) is 55.0 Å². The summed E-state index contributed by atoms with van der Waals surface area (Å²) < 4.78 is 2.57. The predicted molar refractivity (Wildman–Crippen MR) is 81.2 cm³/mol. The lowest BCUT2D eigenvalue weighted by Gasteiger charge is -2.13. The fraction of sp³-hybridized carbons (Fsp3) is 0.429. The molecule has 2 aromatic rings. The molecule has 0 radical (unpaired) electrons. The number of aryl methyl sites for hydroxylation is 1. The van der Waals surface area contributed by atoms with Crippen molar-refractivity contribution >= 4 is 11.3 Å². The summed E-state index contributed by atoms with van der Waals surface area (Å²) in [6.07, 6.45) is 2.54. The van der Waals surface area contributed by atoms with Gasteiger partial charge in [0.25, 0.3) is 5.56 Å². The SMILES string of the molecule is CC(Cc1cccs1)NCc1cn(C)c(=O)n(C)c1=O. The zero-order valence-electron chi connectivity index (χ0n) is 11.9. The van der Waals surface area contributed by atoms with Crippen LogP contribution in [0.4, 0.5) is 0 Å². The first-order valence-electron chi connectivity index (χ1n) is 6.50. The van der Waals surface area contributed by atoms with Crippen molar-refractivity contribution in [3.63, 3.8) is 0 Å². The minimum absolute atomic E-state index is 0.232. The van der Waals surface area contributed by atoms with E-state index in [1.165, 1.54) is 16.5 Å². The molecule has 0 aliphatic heterocycles. The highest BCUT2D eigenvalue weighted by Gasteiger charge is 2.09. The van der Waals surface area contributed by atoms with Gasteiger partial charge in [-0.15, -0.1) is 11.3 Å². The standard InChI is InChI=1S/C14H19N3O2S/c1-10(7-12-5-4-6-20-12)15-8-11-9-16(2)14(19)17(3)13(11)18/h4-6,9-10,15H,7-8H2,1-3H3. The lowest BCUT2D eigenvalue weighted by Crippen LogP contribution is -2.40. The summed E-state index contributed by atoms with van der Waals surface area (Å²) in [4.78, 5) is 24.9. The van der Waals surface area contributed by atoms with E-state index in [0.29, 0.717) is 12.1 Å². The van der Waals surface area contributed by atoms with Gasteiger partial charge in [0.2, 0.25) is 0 Å². The van der Waals surface area contributed by atoms with Gasteiger partial charge in [0.15, 0.2) is 0 Å². The number of hydrogen-bond donors (Lipinski definition) is 1. The quantitative estimate of drug-likeness (QED) is 0.890. The summed E-state index contributed by atoms with van der Waals surface area (Å²) in [5.41, 5.74) is 0.0712. The van der Waals surface area contributed by atoms with Gasteiger partial charge in [0, 0.05) is 43.3 Å². The zero-order valence-corrected chi connectivity index (χ0v) is 12.7. The van der Waals surface area contributed by atoms with Crippen molar-refractivity contribution in [2.75, 3.05) is 0 Å². The molecular formula is C14H19N3O2S. The van der Waals surface area contributed by atoms with Crippen LogP contribution in [0.15, 0.2) is 33.3 Å². The molecule has 108 valence electrons. The fourth-order valence-electron chi connectivity index (χ4n) is 2.09. The van der Waals surface area contributed by atoms with Crippen molar-refractivity contribution < 1.29 is 0 Å². The summed E-state index contributed by atoms with van der Waals surface area (Å²) in [7, 11) is 3.16. The normalized spacial score (nSPS) is 12.6. The second-order valence-corrected chi connectivity index (χ2v) is 6.01. The molecule has 0 fully saturated rings. The van der Waals surface area contributed by atoms with Crippen LogP contribution in [0.5, 0.6) is 0 Å². The Balaban J connectivity index is 2.04. The summed E-state index contributed by atoms with van der Waals surface area (Å²) in [6, 6.07) is 4.42. The van der Waals surface area contributed by atoms with Crippen LogP contribution in [0.3, 0.4) is 0 Å². The molecule has 20 heavy (non-hydrogen) atoms. The fourth-order valence-corrected chi connectivity index (χ4v) is 2.93. The molecule has 0 aromatic carbocycles. The maximum atomic E-state index is 12.0. The molecular weight excluding hydrogens is 274 g/mol. The average Bonchev–Trinajstić information content (AvgIpc) is 2.92. The average molecular weight is 293 g/mol. The van der Waals surface area contributed by atoms with Crippen LogP contribution in [0.1, 0.15) is 17.4 Å². The van der Waals surface area contributed by atoms with Gasteiger partial charge in [0.05, 0.1) is 0 Å². The Hall–Kier alpha value is -1.66. The Morgan fingerprint density at radius 3 is 2.75 bits per heavy atom. The van der Waals surface area contributed by atoms with Crippen LogP contribution in [0.2, 0.25) is 0 Å². The minimum atomic E-state index is -0.301. The Morgan fingerprint density at radius 1 is 1.35 bits per heavy atom. The Bertz CT molecular complexity index is 685. The van der Waals surface area contributed by atoms with E-state index in [-0.39, 0.29) is 17.3 Å². The molecule has 0 spiro atoms. The molecule has 0 bridgehead atoms. The largest absolute Gasteiger partial charge is 0.330 e. The molecule has 0 aliphatic rings. The van der Waals surface area contributed by atoms with Crippen molar-refractivity contribution in [1.82, 2.24) is 14.5 Å². The highest BCUT2D eigenvalue weighted by Crippen LogP contribution is 2.10. The van der Waals surface area contributed by atoms with Crippen molar-refractivity contribution in [3.8, 4) is 0 Å². The highest BCUT2D eigenvalue weighted by atomic mass is 32.1. The van der Waals surface area contributed by atoms with Crippen molar-refractivity contribution in [2.24, 2.45) is 14.1 Å². The smallest absolute Gasteiger partial charge is 0.310 e. The van der Waals surface area contributed by atoms with Crippen LogP contribution < -0.4 is 16.6 Å². The molecule has 0 aliphatic carbocycles. The van der Waals surface area contributed by atoms with Gasteiger partial charge in [-0.2, -0.15) is 0 Å². The third-order valence-corrected chi connectivity index (χ3v) is 4.14. The van der Waals surface area contributed by atoms with Gasteiger partial charge in [0.1, 0.15) is 0 Å². The summed E-state index contributed by atoms with van der Waals surface area (Å²) in [6.45, 7) is 2.56. The van der Waals surface area contributed by atoms with Gasteiger partial charge in [-0.25, -0.2) is 4.79 Å². The summed E-state index contributed by atoms with van der Waals surface area (Å²) in [5.74, 6) is 0. The van der Waals surface area contributed by atoms with E-state index in [9.17, 15) is 9.59 Å². The Morgan fingerprint density at radius 2 is 2.10 bits per heavy atom. The molecule has 2 rings (SSSR count). The highest BCUT2D eigenvalue weighted by molar-refractivity contribution is 7.09. The van der Waals surface area contributed by atoms with Crippen molar-refractivity contribution in [2.45, 2.75) is 25.9 Å². The maximum absolute atomic E-state index is 12.0. The molecule has 0 amide bonds. The third kappa shape index (κ3) is 3.26. The Kier molecular flexibility index (Phi) is 4.57. The number of nitrogens with zero attached hydrogens (tertiary/aromatic N) is 2.